The predicted molar refractivity (Wildman–Crippen MR) is 72.2 cm³/mol. The molecular weight excluding hydrogens is 412 g/mol. The highest BCUT2D eigenvalue weighted by Gasteiger charge is 2.33. The number of benzene rings is 2. The Balaban J connectivity index is 2.49. The zero-order valence-corrected chi connectivity index (χ0v) is 12.7. The monoisotopic (exact) mass is 415 g/mol. The van der Waals surface area contributed by atoms with Crippen LogP contribution in [0.2, 0.25) is 0 Å². The first kappa shape index (κ1) is 18.0. The third kappa shape index (κ3) is 3.61. The van der Waals surface area contributed by atoms with Gasteiger partial charge >= 0.3 is 11.9 Å². The number of nitro benzene ring substituents is 1. The molecule has 0 N–H and O–H groups in total. The summed E-state index contributed by atoms with van der Waals surface area (Å²) in [6.45, 7) is 0. The molecule has 0 aliphatic carbocycles. The standard InChI is InChI=1S/C13H4BrF6NO3/c14-6-3-7(15)10(21(22)23)4-11(6)24-12-8(16)1-5(2-9(12)17)13(18,19)20/h1-4H. The summed E-state index contributed by atoms with van der Waals surface area (Å²) in [6.07, 6.45) is -4.98. The quantitative estimate of drug-likeness (QED) is 0.373. The molecule has 0 aromatic heterocycles. The molecule has 0 heterocycles. The van der Waals surface area contributed by atoms with Crippen LogP contribution >= 0.6 is 15.9 Å². The lowest BCUT2D eigenvalue weighted by molar-refractivity contribution is -0.387. The Bertz CT molecular complexity index is 801. The SMILES string of the molecule is O=[N+]([O-])c1cc(Oc2c(F)cc(C(F)(F)F)cc2F)c(Br)cc1F. The minimum Gasteiger partial charge on any atom is -0.450 e. The second-order valence-corrected chi connectivity index (χ2v) is 5.21. The maximum atomic E-state index is 13.7. The van der Waals surface area contributed by atoms with Crippen LogP contribution in [0.1, 0.15) is 5.56 Å². The van der Waals surface area contributed by atoms with Gasteiger partial charge in [-0.3, -0.25) is 10.1 Å². The third-order valence-electron chi connectivity index (χ3n) is 2.74. The Labute approximate surface area is 137 Å². The molecule has 0 bridgehead atoms. The van der Waals surface area contributed by atoms with Gasteiger partial charge in [0.1, 0.15) is 5.75 Å². The molecule has 11 heteroatoms. The Hall–Kier alpha value is -2.30. The van der Waals surface area contributed by atoms with Gasteiger partial charge in [0.15, 0.2) is 17.4 Å². The van der Waals surface area contributed by atoms with Crippen molar-refractivity contribution in [2.75, 3.05) is 0 Å². The molecule has 0 spiro atoms. The van der Waals surface area contributed by atoms with E-state index in [1.54, 1.807) is 0 Å². The molecule has 128 valence electrons. The average Bonchev–Trinajstić information content (AvgIpc) is 2.43. The normalized spacial score (nSPS) is 11.5. The third-order valence-corrected chi connectivity index (χ3v) is 3.36. The maximum absolute atomic E-state index is 13.7. The van der Waals surface area contributed by atoms with Crippen LogP contribution in [0.4, 0.5) is 32.0 Å². The lowest BCUT2D eigenvalue weighted by Gasteiger charge is -2.12. The van der Waals surface area contributed by atoms with Crippen molar-refractivity contribution in [2.24, 2.45) is 0 Å². The fraction of sp³-hybridized carbons (Fsp3) is 0.0769. The molecule has 2 aromatic rings. The Kier molecular flexibility index (Phi) is 4.74. The second kappa shape index (κ2) is 6.30. The molecule has 0 atom stereocenters. The number of ether oxygens (including phenoxy) is 1. The number of nitro groups is 1. The summed E-state index contributed by atoms with van der Waals surface area (Å²) in [6, 6.07) is 1.16. The van der Waals surface area contributed by atoms with E-state index in [2.05, 4.69) is 15.9 Å². The number of rotatable bonds is 3. The van der Waals surface area contributed by atoms with Gasteiger partial charge in [0.05, 0.1) is 21.0 Å². The van der Waals surface area contributed by atoms with Gasteiger partial charge in [-0.05, 0) is 34.1 Å². The summed E-state index contributed by atoms with van der Waals surface area (Å²) >= 11 is 2.77. The van der Waals surface area contributed by atoms with Crippen LogP contribution in [-0.4, -0.2) is 4.92 Å². The zero-order chi connectivity index (χ0) is 18.2. The van der Waals surface area contributed by atoms with Crippen LogP contribution in [0.15, 0.2) is 28.7 Å². The summed E-state index contributed by atoms with van der Waals surface area (Å²) in [4.78, 5) is 9.55. The highest BCUT2D eigenvalue weighted by Crippen LogP contribution is 2.39. The lowest BCUT2D eigenvalue weighted by atomic mass is 10.2. The molecule has 24 heavy (non-hydrogen) atoms. The van der Waals surface area contributed by atoms with Crippen LogP contribution in [0, 0.1) is 27.6 Å². The molecule has 0 saturated heterocycles. The molecule has 0 aliphatic heterocycles. The van der Waals surface area contributed by atoms with Crippen molar-refractivity contribution in [2.45, 2.75) is 6.18 Å². The number of hydrogen-bond acceptors (Lipinski definition) is 3. The molecule has 0 amide bonds. The van der Waals surface area contributed by atoms with E-state index >= 15 is 0 Å². The number of alkyl halides is 3. The Morgan fingerprint density at radius 2 is 1.54 bits per heavy atom. The van der Waals surface area contributed by atoms with Crippen LogP contribution < -0.4 is 4.74 Å². The predicted octanol–water partition coefficient (Wildman–Crippen LogP) is 5.59. The topological polar surface area (TPSA) is 52.4 Å². The zero-order valence-electron chi connectivity index (χ0n) is 11.1. The first-order chi connectivity index (χ1) is 11.0. The van der Waals surface area contributed by atoms with Crippen molar-refractivity contribution in [1.82, 2.24) is 0 Å². The van der Waals surface area contributed by atoms with E-state index < -0.39 is 51.3 Å². The molecule has 4 nitrogen and oxygen atoms in total. The van der Waals surface area contributed by atoms with Crippen molar-refractivity contribution >= 4 is 21.6 Å². The van der Waals surface area contributed by atoms with Crippen molar-refractivity contribution in [3.8, 4) is 11.5 Å². The minimum atomic E-state index is -4.98. The van der Waals surface area contributed by atoms with Crippen molar-refractivity contribution < 1.29 is 36.0 Å². The molecule has 0 fully saturated rings. The van der Waals surface area contributed by atoms with E-state index in [0.717, 1.165) is 0 Å². The number of hydrogen-bond donors (Lipinski definition) is 0. The Morgan fingerprint density at radius 1 is 1.00 bits per heavy atom. The summed E-state index contributed by atoms with van der Waals surface area (Å²) in [5, 5.41) is 10.6. The van der Waals surface area contributed by atoms with Crippen molar-refractivity contribution in [3.05, 3.63) is 61.9 Å². The van der Waals surface area contributed by atoms with Crippen molar-refractivity contribution in [1.29, 1.82) is 0 Å². The molecule has 2 rings (SSSR count). The van der Waals surface area contributed by atoms with Crippen LogP contribution in [-0.2, 0) is 6.18 Å². The lowest BCUT2D eigenvalue weighted by Crippen LogP contribution is -2.07. The summed E-state index contributed by atoms with van der Waals surface area (Å²) in [5.41, 5.74) is -2.62. The summed E-state index contributed by atoms with van der Waals surface area (Å²) in [5.74, 6) is -6.37. The summed E-state index contributed by atoms with van der Waals surface area (Å²) in [7, 11) is 0. The first-order valence-corrected chi connectivity index (χ1v) is 6.67. The molecule has 0 radical (unpaired) electrons. The van der Waals surface area contributed by atoms with Gasteiger partial charge in [-0.1, -0.05) is 0 Å². The molecule has 0 aliphatic rings. The van der Waals surface area contributed by atoms with Crippen molar-refractivity contribution in [3.63, 3.8) is 0 Å². The Morgan fingerprint density at radius 3 is 2.00 bits per heavy atom. The summed E-state index contributed by atoms with van der Waals surface area (Å²) < 4.78 is 82.7. The van der Waals surface area contributed by atoms with Gasteiger partial charge < -0.3 is 4.74 Å². The van der Waals surface area contributed by atoms with E-state index in [9.17, 15) is 36.5 Å². The smallest absolute Gasteiger partial charge is 0.416 e. The highest BCUT2D eigenvalue weighted by molar-refractivity contribution is 9.10. The van der Waals surface area contributed by atoms with Gasteiger partial charge in [-0.25, -0.2) is 8.78 Å². The van der Waals surface area contributed by atoms with Crippen LogP contribution in [0.3, 0.4) is 0 Å². The molecule has 2 aromatic carbocycles. The van der Waals surface area contributed by atoms with Gasteiger partial charge in [-0.15, -0.1) is 0 Å². The van der Waals surface area contributed by atoms with Gasteiger partial charge in [0.25, 0.3) is 0 Å². The fourth-order valence-corrected chi connectivity index (χ4v) is 2.06. The van der Waals surface area contributed by atoms with Crippen LogP contribution in [0.25, 0.3) is 0 Å². The minimum absolute atomic E-state index is 0.00422. The number of halogens is 7. The maximum Gasteiger partial charge on any atom is 0.416 e. The van der Waals surface area contributed by atoms with E-state index in [-0.39, 0.29) is 16.6 Å². The second-order valence-electron chi connectivity index (χ2n) is 4.36. The highest BCUT2D eigenvalue weighted by atomic mass is 79.9. The largest absolute Gasteiger partial charge is 0.450 e. The fourth-order valence-electron chi connectivity index (χ4n) is 1.67. The molecule has 0 unspecified atom stereocenters. The molecular formula is C13H4BrF6NO3. The van der Waals surface area contributed by atoms with E-state index in [4.69, 9.17) is 4.74 Å². The van der Waals surface area contributed by atoms with Gasteiger partial charge in [-0.2, -0.15) is 17.6 Å². The van der Waals surface area contributed by atoms with E-state index in [1.165, 1.54) is 0 Å². The first-order valence-electron chi connectivity index (χ1n) is 5.88. The van der Waals surface area contributed by atoms with E-state index in [0.29, 0.717) is 12.1 Å². The number of nitrogens with zero attached hydrogens (tertiary/aromatic N) is 1. The van der Waals surface area contributed by atoms with E-state index in [1.807, 2.05) is 0 Å². The average molecular weight is 416 g/mol. The van der Waals surface area contributed by atoms with Gasteiger partial charge in [0, 0.05) is 0 Å². The molecule has 0 saturated carbocycles. The van der Waals surface area contributed by atoms with Gasteiger partial charge in [0.2, 0.25) is 5.82 Å². The van der Waals surface area contributed by atoms with Crippen LogP contribution in [0.5, 0.6) is 11.5 Å².